The van der Waals surface area contributed by atoms with Crippen molar-refractivity contribution in [1.29, 1.82) is 0 Å². The second-order valence-corrected chi connectivity index (χ2v) is 7.23. The van der Waals surface area contributed by atoms with Crippen LogP contribution in [0.15, 0.2) is 24.3 Å². The molecule has 110 valence electrons. The van der Waals surface area contributed by atoms with Crippen LogP contribution in [0.4, 0.5) is 0 Å². The molecule has 1 heteroatoms. The number of aryl methyl sites for hydroxylation is 1. The molecule has 1 nitrogen and oxygen atoms in total. The molecule has 4 unspecified atom stereocenters. The Hall–Kier alpha value is -0.820. The highest BCUT2D eigenvalue weighted by atomic mass is 14.7. The molecule has 2 aliphatic rings. The fourth-order valence-corrected chi connectivity index (χ4v) is 4.46. The Morgan fingerprint density at radius 1 is 1.00 bits per heavy atom. The van der Waals surface area contributed by atoms with Crippen molar-refractivity contribution in [3.05, 3.63) is 35.4 Å². The van der Waals surface area contributed by atoms with Crippen molar-refractivity contribution in [2.45, 2.75) is 64.3 Å². The molecule has 1 aromatic carbocycles. The third-order valence-corrected chi connectivity index (χ3v) is 5.78. The van der Waals surface area contributed by atoms with E-state index < -0.39 is 0 Å². The van der Waals surface area contributed by atoms with E-state index in [9.17, 15) is 0 Å². The summed E-state index contributed by atoms with van der Waals surface area (Å²) < 4.78 is 0. The predicted octanol–water partition coefficient (Wildman–Crippen LogP) is 4.47. The molecule has 2 N–H and O–H groups in total. The maximum absolute atomic E-state index is 6.54. The van der Waals surface area contributed by atoms with Gasteiger partial charge in [0, 0.05) is 6.04 Å². The number of hydrogen-bond donors (Lipinski definition) is 1. The fraction of sp³-hybridized carbons (Fsp3) is 0.684. The molecule has 0 heterocycles. The molecule has 0 aliphatic heterocycles. The van der Waals surface area contributed by atoms with E-state index in [4.69, 9.17) is 5.73 Å². The zero-order valence-corrected chi connectivity index (χ0v) is 12.9. The van der Waals surface area contributed by atoms with Crippen LogP contribution in [-0.4, -0.2) is 6.04 Å². The van der Waals surface area contributed by atoms with E-state index in [1.54, 1.807) is 0 Å². The van der Waals surface area contributed by atoms with Gasteiger partial charge in [-0.1, -0.05) is 55.5 Å². The topological polar surface area (TPSA) is 26.0 Å². The fourth-order valence-electron chi connectivity index (χ4n) is 4.46. The van der Waals surface area contributed by atoms with Gasteiger partial charge in [-0.3, -0.25) is 0 Å². The van der Waals surface area contributed by atoms with Crippen molar-refractivity contribution in [1.82, 2.24) is 0 Å². The van der Waals surface area contributed by atoms with Gasteiger partial charge in [0.15, 0.2) is 0 Å². The average molecular weight is 271 g/mol. The minimum absolute atomic E-state index is 0.362. The molecule has 0 spiro atoms. The van der Waals surface area contributed by atoms with Crippen LogP contribution in [0.2, 0.25) is 0 Å². The van der Waals surface area contributed by atoms with E-state index in [0.29, 0.717) is 6.04 Å². The highest BCUT2D eigenvalue weighted by molar-refractivity contribution is 5.22. The standard InChI is InChI=1S/C19H29N/c1-14-6-8-15(9-7-14)12-19(20)18-11-10-16-4-2-3-5-17(16)13-18/h6-9,16-19H,2-5,10-13,20H2,1H3. The Labute approximate surface area is 124 Å². The average Bonchev–Trinajstić information content (AvgIpc) is 2.49. The molecule has 3 rings (SSSR count). The van der Waals surface area contributed by atoms with Gasteiger partial charge < -0.3 is 5.73 Å². The maximum Gasteiger partial charge on any atom is 0.0108 e. The van der Waals surface area contributed by atoms with Gasteiger partial charge in [0.2, 0.25) is 0 Å². The highest BCUT2D eigenvalue weighted by Crippen LogP contribution is 2.43. The molecule has 0 aromatic heterocycles. The Morgan fingerprint density at radius 3 is 2.45 bits per heavy atom. The van der Waals surface area contributed by atoms with Crippen LogP contribution in [0, 0.1) is 24.7 Å². The van der Waals surface area contributed by atoms with Crippen LogP contribution in [0.1, 0.15) is 56.1 Å². The van der Waals surface area contributed by atoms with E-state index in [2.05, 4.69) is 31.2 Å². The third kappa shape index (κ3) is 3.25. The molecule has 1 aromatic rings. The van der Waals surface area contributed by atoms with Gasteiger partial charge in [0.1, 0.15) is 0 Å². The predicted molar refractivity (Wildman–Crippen MR) is 85.6 cm³/mol. The molecular formula is C19H29N. The van der Waals surface area contributed by atoms with Gasteiger partial charge >= 0.3 is 0 Å². The van der Waals surface area contributed by atoms with Crippen molar-refractivity contribution >= 4 is 0 Å². The minimum atomic E-state index is 0.362. The van der Waals surface area contributed by atoms with E-state index in [-0.39, 0.29) is 0 Å². The van der Waals surface area contributed by atoms with Crippen LogP contribution in [0.25, 0.3) is 0 Å². The Morgan fingerprint density at radius 2 is 1.70 bits per heavy atom. The van der Waals surface area contributed by atoms with Crippen molar-refractivity contribution < 1.29 is 0 Å². The van der Waals surface area contributed by atoms with Gasteiger partial charge in [-0.05, 0) is 55.9 Å². The number of benzene rings is 1. The summed E-state index contributed by atoms with van der Waals surface area (Å²) in [6.07, 6.45) is 11.2. The molecule has 4 atom stereocenters. The Bertz CT molecular complexity index is 422. The zero-order valence-electron chi connectivity index (χ0n) is 12.9. The molecular weight excluding hydrogens is 242 g/mol. The van der Waals surface area contributed by atoms with Crippen LogP contribution >= 0.6 is 0 Å². The summed E-state index contributed by atoms with van der Waals surface area (Å²) in [6, 6.07) is 9.28. The lowest BCUT2D eigenvalue weighted by Gasteiger charge is -2.41. The Kier molecular flexibility index (Phi) is 4.45. The van der Waals surface area contributed by atoms with E-state index in [0.717, 1.165) is 24.2 Å². The van der Waals surface area contributed by atoms with E-state index in [1.165, 1.54) is 56.1 Å². The monoisotopic (exact) mass is 271 g/mol. The molecule has 0 saturated heterocycles. The quantitative estimate of drug-likeness (QED) is 0.862. The lowest BCUT2D eigenvalue weighted by Crippen LogP contribution is -2.38. The lowest BCUT2D eigenvalue weighted by atomic mass is 9.66. The smallest absolute Gasteiger partial charge is 0.0108 e. The normalized spacial score (nSPS) is 31.6. The molecule has 20 heavy (non-hydrogen) atoms. The molecule has 0 amide bonds. The van der Waals surface area contributed by atoms with Gasteiger partial charge in [0.05, 0.1) is 0 Å². The van der Waals surface area contributed by atoms with E-state index in [1.807, 2.05) is 0 Å². The molecule has 2 saturated carbocycles. The summed E-state index contributed by atoms with van der Waals surface area (Å²) in [4.78, 5) is 0. The van der Waals surface area contributed by atoms with Gasteiger partial charge in [0.25, 0.3) is 0 Å². The lowest BCUT2D eigenvalue weighted by molar-refractivity contribution is 0.117. The summed E-state index contributed by atoms with van der Waals surface area (Å²) in [5.41, 5.74) is 9.29. The van der Waals surface area contributed by atoms with Crippen LogP contribution < -0.4 is 5.73 Å². The van der Waals surface area contributed by atoms with E-state index >= 15 is 0 Å². The van der Waals surface area contributed by atoms with Crippen LogP contribution in [0.5, 0.6) is 0 Å². The van der Waals surface area contributed by atoms with Crippen molar-refractivity contribution in [3.8, 4) is 0 Å². The van der Waals surface area contributed by atoms with Gasteiger partial charge in [-0.25, -0.2) is 0 Å². The van der Waals surface area contributed by atoms with Crippen molar-refractivity contribution in [3.63, 3.8) is 0 Å². The first kappa shape index (κ1) is 14.1. The SMILES string of the molecule is Cc1ccc(CC(N)C2CCC3CCCCC3C2)cc1. The summed E-state index contributed by atoms with van der Waals surface area (Å²) in [6.45, 7) is 2.15. The van der Waals surface area contributed by atoms with Crippen LogP contribution in [0.3, 0.4) is 0 Å². The molecule has 0 bridgehead atoms. The first-order chi connectivity index (χ1) is 9.72. The number of fused-ring (bicyclic) bond motifs is 1. The van der Waals surface area contributed by atoms with Crippen LogP contribution in [-0.2, 0) is 6.42 Å². The third-order valence-electron chi connectivity index (χ3n) is 5.78. The van der Waals surface area contributed by atoms with Gasteiger partial charge in [-0.2, -0.15) is 0 Å². The second kappa shape index (κ2) is 6.30. The zero-order chi connectivity index (χ0) is 13.9. The minimum Gasteiger partial charge on any atom is -0.327 e. The first-order valence-electron chi connectivity index (χ1n) is 8.53. The Balaban J connectivity index is 1.57. The molecule has 2 fully saturated rings. The summed E-state index contributed by atoms with van der Waals surface area (Å²) >= 11 is 0. The molecule has 0 radical (unpaired) electrons. The summed E-state index contributed by atoms with van der Waals surface area (Å²) in [5, 5.41) is 0. The van der Waals surface area contributed by atoms with Crippen molar-refractivity contribution in [2.75, 3.05) is 0 Å². The summed E-state index contributed by atoms with van der Waals surface area (Å²) in [5.74, 6) is 2.79. The number of nitrogens with two attached hydrogens (primary N) is 1. The summed E-state index contributed by atoms with van der Waals surface area (Å²) in [7, 11) is 0. The van der Waals surface area contributed by atoms with Gasteiger partial charge in [-0.15, -0.1) is 0 Å². The highest BCUT2D eigenvalue weighted by Gasteiger charge is 2.34. The largest absolute Gasteiger partial charge is 0.327 e. The maximum atomic E-state index is 6.54. The number of hydrogen-bond acceptors (Lipinski definition) is 1. The first-order valence-corrected chi connectivity index (χ1v) is 8.53. The number of rotatable bonds is 3. The molecule has 2 aliphatic carbocycles. The second-order valence-electron chi connectivity index (χ2n) is 7.23. The van der Waals surface area contributed by atoms with Crippen molar-refractivity contribution in [2.24, 2.45) is 23.5 Å².